The van der Waals surface area contributed by atoms with E-state index in [2.05, 4.69) is 30.1 Å². The van der Waals surface area contributed by atoms with Gasteiger partial charge in [-0.05, 0) is 47.9 Å². The number of nitrogens with two attached hydrogens (primary N) is 2. The quantitative estimate of drug-likeness (QED) is 0.748. The van der Waals surface area contributed by atoms with Gasteiger partial charge in [0, 0.05) is 12.1 Å². The van der Waals surface area contributed by atoms with Crippen molar-refractivity contribution in [2.45, 2.75) is 13.3 Å². The molecule has 1 heterocycles. The summed E-state index contributed by atoms with van der Waals surface area (Å²) in [5.74, 6) is 0. The Kier molecular flexibility index (Phi) is 2.33. The maximum Gasteiger partial charge on any atom is 0.0665 e. The number of nitrogens with zero attached hydrogens (tertiary/aromatic N) is 1. The predicted molar refractivity (Wildman–Crippen MR) is 77.2 cm³/mol. The van der Waals surface area contributed by atoms with E-state index in [0.29, 0.717) is 11.4 Å². The fraction of sp³-hybridized carbons (Fsp3) is 0.133. The minimum Gasteiger partial charge on any atom is -0.397 e. The molecule has 3 rings (SSSR count). The van der Waals surface area contributed by atoms with Crippen molar-refractivity contribution in [3.8, 4) is 11.1 Å². The Balaban J connectivity index is 2.04. The summed E-state index contributed by atoms with van der Waals surface area (Å²) in [5.41, 5.74) is 18.6. The number of aliphatic imine (C=N–C) groups is 1. The number of hydrogen-bond acceptors (Lipinski definition) is 3. The lowest BCUT2D eigenvalue weighted by Crippen LogP contribution is -1.94. The third-order valence-corrected chi connectivity index (χ3v) is 3.26. The monoisotopic (exact) mass is 237 g/mol. The van der Waals surface area contributed by atoms with Gasteiger partial charge >= 0.3 is 0 Å². The Bertz CT molecular complexity index is 657. The Labute approximate surface area is 106 Å². The van der Waals surface area contributed by atoms with E-state index in [9.17, 15) is 0 Å². The molecule has 0 amide bonds. The fourth-order valence-corrected chi connectivity index (χ4v) is 2.29. The number of rotatable bonds is 1. The standard InChI is InChI=1S/C15H15N3/c1-9-6-12-7-10(3-5-15(12)18-9)11-2-4-13(16)14(17)8-11/h2-5,7-8H,6,16-17H2,1H3. The van der Waals surface area contributed by atoms with Crippen molar-refractivity contribution in [3.63, 3.8) is 0 Å². The van der Waals surface area contributed by atoms with Gasteiger partial charge in [-0.2, -0.15) is 0 Å². The first-order valence-electron chi connectivity index (χ1n) is 5.96. The van der Waals surface area contributed by atoms with Crippen molar-refractivity contribution in [1.29, 1.82) is 0 Å². The van der Waals surface area contributed by atoms with Gasteiger partial charge in [0.25, 0.3) is 0 Å². The zero-order chi connectivity index (χ0) is 12.7. The van der Waals surface area contributed by atoms with Crippen LogP contribution in [0.1, 0.15) is 12.5 Å². The van der Waals surface area contributed by atoms with Gasteiger partial charge in [-0.3, -0.25) is 4.99 Å². The summed E-state index contributed by atoms with van der Waals surface area (Å²) in [6.07, 6.45) is 0.938. The van der Waals surface area contributed by atoms with Crippen LogP contribution in [0.2, 0.25) is 0 Å². The number of nitrogen functional groups attached to an aromatic ring is 2. The highest BCUT2D eigenvalue weighted by atomic mass is 14.8. The molecule has 0 bridgehead atoms. The van der Waals surface area contributed by atoms with Crippen LogP contribution in [0.4, 0.5) is 17.1 Å². The molecule has 0 saturated heterocycles. The normalized spacial score (nSPS) is 13.3. The van der Waals surface area contributed by atoms with Crippen molar-refractivity contribution >= 4 is 22.8 Å². The Morgan fingerprint density at radius 1 is 0.944 bits per heavy atom. The minimum absolute atomic E-state index is 0.624. The lowest BCUT2D eigenvalue weighted by Gasteiger charge is -2.07. The third kappa shape index (κ3) is 1.74. The molecule has 1 aliphatic rings. The molecule has 18 heavy (non-hydrogen) atoms. The molecule has 1 aliphatic heterocycles. The highest BCUT2D eigenvalue weighted by molar-refractivity contribution is 5.93. The maximum atomic E-state index is 5.85. The van der Waals surface area contributed by atoms with Crippen LogP contribution in [0.25, 0.3) is 11.1 Å². The largest absolute Gasteiger partial charge is 0.397 e. The molecule has 0 atom stereocenters. The van der Waals surface area contributed by atoms with Crippen LogP contribution < -0.4 is 11.5 Å². The first-order chi connectivity index (χ1) is 8.63. The van der Waals surface area contributed by atoms with Crippen LogP contribution in [0.15, 0.2) is 41.4 Å². The molecule has 3 nitrogen and oxygen atoms in total. The molecule has 2 aromatic rings. The van der Waals surface area contributed by atoms with Crippen LogP contribution in [-0.4, -0.2) is 5.71 Å². The summed E-state index contributed by atoms with van der Waals surface area (Å²) in [6, 6.07) is 12.1. The summed E-state index contributed by atoms with van der Waals surface area (Å²) in [5, 5.41) is 0. The fourth-order valence-electron chi connectivity index (χ4n) is 2.29. The van der Waals surface area contributed by atoms with Crippen LogP contribution >= 0.6 is 0 Å². The molecule has 0 unspecified atom stereocenters. The lowest BCUT2D eigenvalue weighted by molar-refractivity contribution is 1.38. The molecule has 0 radical (unpaired) electrons. The van der Waals surface area contributed by atoms with E-state index in [-0.39, 0.29) is 0 Å². The summed E-state index contributed by atoms with van der Waals surface area (Å²) in [6.45, 7) is 2.06. The van der Waals surface area contributed by atoms with Crippen molar-refractivity contribution < 1.29 is 0 Å². The Morgan fingerprint density at radius 3 is 2.44 bits per heavy atom. The second kappa shape index (κ2) is 3.88. The molecule has 0 fully saturated rings. The number of fused-ring (bicyclic) bond motifs is 1. The van der Waals surface area contributed by atoms with Gasteiger partial charge in [0.2, 0.25) is 0 Å². The number of anilines is 2. The summed E-state index contributed by atoms with van der Waals surface area (Å²) in [4.78, 5) is 4.49. The van der Waals surface area contributed by atoms with Crippen LogP contribution in [0.3, 0.4) is 0 Å². The second-order valence-corrected chi connectivity index (χ2v) is 4.71. The maximum absolute atomic E-state index is 5.85. The van der Waals surface area contributed by atoms with Gasteiger partial charge in [-0.1, -0.05) is 12.1 Å². The van der Waals surface area contributed by atoms with E-state index in [0.717, 1.165) is 23.2 Å². The average Bonchev–Trinajstić information content (AvgIpc) is 2.71. The molecule has 0 saturated carbocycles. The van der Waals surface area contributed by atoms with Crippen molar-refractivity contribution in [3.05, 3.63) is 42.0 Å². The molecule has 2 aromatic carbocycles. The van der Waals surface area contributed by atoms with Gasteiger partial charge in [0.1, 0.15) is 0 Å². The lowest BCUT2D eigenvalue weighted by atomic mass is 10.00. The molecule has 0 aliphatic carbocycles. The summed E-state index contributed by atoms with van der Waals surface area (Å²) in [7, 11) is 0. The van der Waals surface area contributed by atoms with Gasteiger partial charge < -0.3 is 11.5 Å². The van der Waals surface area contributed by atoms with Gasteiger partial charge in [-0.15, -0.1) is 0 Å². The van der Waals surface area contributed by atoms with E-state index >= 15 is 0 Å². The highest BCUT2D eigenvalue weighted by Crippen LogP contribution is 2.32. The molecule has 4 N–H and O–H groups in total. The van der Waals surface area contributed by atoms with Gasteiger partial charge in [-0.25, -0.2) is 0 Å². The molecular weight excluding hydrogens is 222 g/mol. The minimum atomic E-state index is 0.624. The van der Waals surface area contributed by atoms with Gasteiger partial charge in [0.15, 0.2) is 0 Å². The first-order valence-corrected chi connectivity index (χ1v) is 5.96. The Morgan fingerprint density at radius 2 is 1.67 bits per heavy atom. The second-order valence-electron chi connectivity index (χ2n) is 4.71. The third-order valence-electron chi connectivity index (χ3n) is 3.26. The van der Waals surface area contributed by atoms with Crippen molar-refractivity contribution in [2.75, 3.05) is 11.5 Å². The van der Waals surface area contributed by atoms with E-state index in [1.165, 1.54) is 11.3 Å². The summed E-state index contributed by atoms with van der Waals surface area (Å²) < 4.78 is 0. The van der Waals surface area contributed by atoms with Crippen molar-refractivity contribution in [1.82, 2.24) is 0 Å². The van der Waals surface area contributed by atoms with Crippen LogP contribution in [0.5, 0.6) is 0 Å². The first kappa shape index (κ1) is 10.8. The zero-order valence-electron chi connectivity index (χ0n) is 10.3. The Hall–Kier alpha value is -2.29. The zero-order valence-corrected chi connectivity index (χ0v) is 10.3. The van der Waals surface area contributed by atoms with E-state index in [4.69, 9.17) is 11.5 Å². The highest BCUT2D eigenvalue weighted by Gasteiger charge is 2.12. The molecule has 3 heteroatoms. The molecule has 0 aromatic heterocycles. The smallest absolute Gasteiger partial charge is 0.0665 e. The van der Waals surface area contributed by atoms with E-state index in [1.54, 1.807) is 0 Å². The van der Waals surface area contributed by atoms with Crippen molar-refractivity contribution in [2.24, 2.45) is 4.99 Å². The number of hydrogen-bond donors (Lipinski definition) is 2. The van der Waals surface area contributed by atoms with Gasteiger partial charge in [0.05, 0.1) is 17.1 Å². The molecule has 0 spiro atoms. The molecular formula is C15H15N3. The van der Waals surface area contributed by atoms with E-state index in [1.807, 2.05) is 18.2 Å². The average molecular weight is 237 g/mol. The topological polar surface area (TPSA) is 64.4 Å². The molecule has 90 valence electrons. The SMILES string of the molecule is CC1=Nc2ccc(-c3ccc(N)c(N)c3)cc2C1. The predicted octanol–water partition coefficient (Wildman–Crippen LogP) is 3.17. The van der Waals surface area contributed by atoms with Crippen LogP contribution in [0, 0.1) is 0 Å². The number of benzene rings is 2. The van der Waals surface area contributed by atoms with E-state index < -0.39 is 0 Å². The van der Waals surface area contributed by atoms with Crippen LogP contribution in [-0.2, 0) is 6.42 Å². The summed E-state index contributed by atoms with van der Waals surface area (Å²) >= 11 is 0.